The van der Waals surface area contributed by atoms with Crippen molar-refractivity contribution in [2.45, 2.75) is 43.0 Å². The lowest BCUT2D eigenvalue weighted by atomic mass is 10.00. The second kappa shape index (κ2) is 9.23. The second-order valence-electron chi connectivity index (χ2n) is 9.08. The Morgan fingerprint density at radius 2 is 1.91 bits per heavy atom. The summed E-state index contributed by atoms with van der Waals surface area (Å²) in [4.78, 5) is 21.5. The molecule has 0 radical (unpaired) electrons. The van der Waals surface area contributed by atoms with Crippen LogP contribution >= 0.6 is 35.3 Å². The van der Waals surface area contributed by atoms with Gasteiger partial charge in [0, 0.05) is 27.1 Å². The fourth-order valence-electron chi connectivity index (χ4n) is 5.16. The Morgan fingerprint density at radius 1 is 1.09 bits per heavy atom. The quantitative estimate of drug-likeness (QED) is 0.232. The lowest BCUT2D eigenvalue weighted by molar-refractivity contribution is -0.120. The molecule has 1 spiro atoms. The van der Waals surface area contributed by atoms with Crippen LogP contribution in [0.5, 0.6) is 0 Å². The molecular formula is C28H26ClN3OS2. The van der Waals surface area contributed by atoms with Gasteiger partial charge in [0.2, 0.25) is 5.91 Å². The van der Waals surface area contributed by atoms with E-state index in [9.17, 15) is 4.79 Å². The molecule has 2 aromatic carbocycles. The number of hydrogen-bond donors (Lipinski definition) is 0. The van der Waals surface area contributed by atoms with Crippen LogP contribution in [-0.4, -0.2) is 26.4 Å². The zero-order valence-electron chi connectivity index (χ0n) is 19.5. The van der Waals surface area contributed by atoms with Gasteiger partial charge < -0.3 is 0 Å². The van der Waals surface area contributed by atoms with Crippen molar-refractivity contribution < 1.29 is 4.79 Å². The fraction of sp³-hybridized carbons (Fsp3) is 0.286. The van der Waals surface area contributed by atoms with Gasteiger partial charge in [0.25, 0.3) is 0 Å². The van der Waals surface area contributed by atoms with E-state index in [1.54, 1.807) is 18.1 Å². The van der Waals surface area contributed by atoms with Crippen LogP contribution in [0, 0.1) is 0 Å². The SMILES string of the molecule is CCSCCc1c(CN2C(=O)C3(CC3)c3cccnc32)n(Sc2ccccc2)c2cc(Cl)ccc12. The zero-order chi connectivity index (χ0) is 24.0. The number of fused-ring (bicyclic) bond motifs is 3. The molecule has 0 bridgehead atoms. The molecule has 2 aromatic heterocycles. The van der Waals surface area contributed by atoms with Gasteiger partial charge >= 0.3 is 0 Å². The normalized spacial score (nSPS) is 15.8. The Labute approximate surface area is 219 Å². The summed E-state index contributed by atoms with van der Waals surface area (Å²) in [5.74, 6) is 3.14. The molecule has 35 heavy (non-hydrogen) atoms. The first-order valence-corrected chi connectivity index (χ1v) is 14.3. The molecule has 2 aliphatic rings. The smallest absolute Gasteiger partial charge is 0.239 e. The summed E-state index contributed by atoms with van der Waals surface area (Å²) in [5.41, 5.74) is 4.27. The molecular weight excluding hydrogens is 494 g/mol. The van der Waals surface area contributed by atoms with Crippen LogP contribution in [0.2, 0.25) is 5.02 Å². The highest BCUT2D eigenvalue weighted by Crippen LogP contribution is 2.57. The van der Waals surface area contributed by atoms with Gasteiger partial charge in [0.1, 0.15) is 5.82 Å². The molecule has 1 saturated carbocycles. The van der Waals surface area contributed by atoms with E-state index in [2.05, 4.69) is 52.3 Å². The van der Waals surface area contributed by atoms with Crippen molar-refractivity contribution in [1.29, 1.82) is 0 Å². The summed E-state index contributed by atoms with van der Waals surface area (Å²) in [5, 5.41) is 1.92. The minimum absolute atomic E-state index is 0.194. The molecule has 0 unspecified atom stereocenters. The Bertz CT molecular complexity index is 1410. The molecule has 1 fully saturated rings. The molecule has 6 rings (SSSR count). The Hall–Kier alpha value is -2.41. The van der Waals surface area contributed by atoms with Crippen molar-refractivity contribution in [2.24, 2.45) is 0 Å². The molecule has 0 N–H and O–H groups in total. The van der Waals surface area contributed by atoms with E-state index in [0.717, 1.165) is 58.3 Å². The number of rotatable bonds is 8. The van der Waals surface area contributed by atoms with Gasteiger partial charge in [-0.1, -0.05) is 48.9 Å². The van der Waals surface area contributed by atoms with Crippen LogP contribution in [0.1, 0.15) is 36.6 Å². The summed E-state index contributed by atoms with van der Waals surface area (Å²) in [6.07, 6.45) is 4.57. The number of aryl methyl sites for hydroxylation is 1. The van der Waals surface area contributed by atoms with E-state index >= 15 is 0 Å². The predicted molar refractivity (Wildman–Crippen MR) is 148 cm³/mol. The molecule has 1 amide bonds. The van der Waals surface area contributed by atoms with E-state index < -0.39 is 0 Å². The fourth-order valence-corrected chi connectivity index (χ4v) is 6.98. The van der Waals surface area contributed by atoms with Gasteiger partial charge in [-0.3, -0.25) is 13.7 Å². The first kappa shape index (κ1) is 23.0. The third kappa shape index (κ3) is 3.96. The molecule has 3 heterocycles. The standard InChI is InChI=1S/C28H26ClN3OS2/c1-2-34-16-12-22-21-11-10-19(29)17-24(21)32(35-20-7-4-3-5-8-20)25(22)18-31-26-23(9-6-15-30-26)28(13-14-28)27(31)33/h3-11,15,17H,2,12-14,16,18H2,1H3. The molecule has 1 aliphatic heterocycles. The summed E-state index contributed by atoms with van der Waals surface area (Å²) >= 11 is 10.1. The summed E-state index contributed by atoms with van der Waals surface area (Å²) < 4.78 is 2.29. The number of carbonyl (C=O) groups excluding carboxylic acids is 1. The average Bonchev–Trinajstić information content (AvgIpc) is 3.60. The Balaban J connectivity index is 1.50. The van der Waals surface area contributed by atoms with Crippen molar-refractivity contribution in [1.82, 2.24) is 8.96 Å². The van der Waals surface area contributed by atoms with Crippen LogP contribution in [-0.2, 0) is 23.2 Å². The van der Waals surface area contributed by atoms with Gasteiger partial charge in [0.15, 0.2) is 0 Å². The summed E-state index contributed by atoms with van der Waals surface area (Å²) in [6, 6.07) is 20.6. The van der Waals surface area contributed by atoms with E-state index in [4.69, 9.17) is 11.6 Å². The third-order valence-electron chi connectivity index (χ3n) is 7.01. The number of anilines is 1. The highest BCUT2D eigenvalue weighted by atomic mass is 35.5. The highest BCUT2D eigenvalue weighted by molar-refractivity contribution is 7.99. The van der Waals surface area contributed by atoms with Crippen LogP contribution in [0.3, 0.4) is 0 Å². The molecule has 178 valence electrons. The van der Waals surface area contributed by atoms with Gasteiger partial charge in [-0.2, -0.15) is 11.8 Å². The van der Waals surface area contributed by atoms with Crippen LogP contribution in [0.4, 0.5) is 5.82 Å². The maximum absolute atomic E-state index is 13.7. The average molecular weight is 520 g/mol. The number of amides is 1. The van der Waals surface area contributed by atoms with Crippen molar-refractivity contribution in [3.8, 4) is 0 Å². The highest BCUT2D eigenvalue weighted by Gasteiger charge is 2.59. The van der Waals surface area contributed by atoms with E-state index in [1.807, 2.05) is 40.9 Å². The Kier molecular flexibility index (Phi) is 6.07. The lowest BCUT2D eigenvalue weighted by Gasteiger charge is -2.20. The number of carbonyl (C=O) groups is 1. The van der Waals surface area contributed by atoms with Gasteiger partial charge in [0.05, 0.1) is 23.2 Å². The molecule has 0 atom stereocenters. The monoisotopic (exact) mass is 519 g/mol. The zero-order valence-corrected chi connectivity index (χ0v) is 21.9. The van der Waals surface area contributed by atoms with Crippen molar-refractivity contribution in [2.75, 3.05) is 16.4 Å². The lowest BCUT2D eigenvalue weighted by Crippen LogP contribution is -2.32. The molecule has 0 saturated heterocycles. The molecule has 1 aliphatic carbocycles. The predicted octanol–water partition coefficient (Wildman–Crippen LogP) is 7.12. The minimum atomic E-state index is -0.353. The number of nitrogens with zero attached hydrogens (tertiary/aromatic N) is 3. The minimum Gasteiger partial charge on any atom is -0.290 e. The molecule has 4 aromatic rings. The van der Waals surface area contributed by atoms with E-state index in [1.165, 1.54) is 10.9 Å². The first-order chi connectivity index (χ1) is 17.1. The summed E-state index contributed by atoms with van der Waals surface area (Å²) in [6.45, 7) is 2.70. The topological polar surface area (TPSA) is 38.1 Å². The number of hydrogen-bond acceptors (Lipinski definition) is 4. The summed E-state index contributed by atoms with van der Waals surface area (Å²) in [7, 11) is 0. The third-order valence-corrected chi connectivity index (χ3v) is 9.23. The first-order valence-electron chi connectivity index (χ1n) is 12.0. The number of thioether (sulfide) groups is 1. The number of benzene rings is 2. The van der Waals surface area contributed by atoms with E-state index in [-0.39, 0.29) is 11.3 Å². The van der Waals surface area contributed by atoms with Gasteiger partial charge in [-0.25, -0.2) is 4.98 Å². The number of pyridine rings is 1. The van der Waals surface area contributed by atoms with Crippen LogP contribution < -0.4 is 4.90 Å². The maximum Gasteiger partial charge on any atom is 0.239 e. The van der Waals surface area contributed by atoms with Crippen LogP contribution in [0.15, 0.2) is 71.8 Å². The van der Waals surface area contributed by atoms with Gasteiger partial charge in [-0.15, -0.1) is 0 Å². The van der Waals surface area contributed by atoms with Crippen molar-refractivity contribution in [3.05, 3.63) is 88.7 Å². The van der Waals surface area contributed by atoms with Crippen molar-refractivity contribution >= 4 is 57.9 Å². The largest absolute Gasteiger partial charge is 0.290 e. The van der Waals surface area contributed by atoms with E-state index in [0.29, 0.717) is 11.6 Å². The number of aromatic nitrogens is 2. The number of halogens is 1. The second-order valence-corrected chi connectivity index (χ2v) is 11.9. The van der Waals surface area contributed by atoms with Gasteiger partial charge in [-0.05, 0) is 78.6 Å². The van der Waals surface area contributed by atoms with Crippen molar-refractivity contribution in [3.63, 3.8) is 0 Å². The van der Waals surface area contributed by atoms with Crippen LogP contribution in [0.25, 0.3) is 10.9 Å². The maximum atomic E-state index is 13.7. The molecule has 7 heteroatoms. The molecule has 4 nitrogen and oxygen atoms in total. The Morgan fingerprint density at radius 3 is 2.69 bits per heavy atom.